The topological polar surface area (TPSA) is 47.1 Å². The number of nitrogens with zero attached hydrogens (tertiary/aromatic N) is 3. The first-order valence-electron chi connectivity index (χ1n) is 7.75. The minimum absolute atomic E-state index is 0.435. The molecule has 3 atom stereocenters. The lowest BCUT2D eigenvalue weighted by Gasteiger charge is -2.29. The number of rotatable bonds is 4. The number of fused-ring (bicyclic) bond motifs is 1. The Hall–Kier alpha value is -0.870. The van der Waals surface area contributed by atoms with Crippen molar-refractivity contribution in [3.63, 3.8) is 0 Å². The minimum Gasteiger partial charge on any atom is -0.333 e. The molecule has 4 heteroatoms. The van der Waals surface area contributed by atoms with E-state index in [0.717, 1.165) is 24.9 Å². The fourth-order valence-corrected chi connectivity index (χ4v) is 3.89. The van der Waals surface area contributed by atoms with E-state index in [0.29, 0.717) is 6.04 Å². The van der Waals surface area contributed by atoms with E-state index in [1.807, 2.05) is 12.5 Å². The summed E-state index contributed by atoms with van der Waals surface area (Å²) >= 11 is 0. The van der Waals surface area contributed by atoms with Crippen molar-refractivity contribution in [1.29, 1.82) is 0 Å². The molecule has 1 aliphatic carbocycles. The van der Waals surface area contributed by atoms with E-state index in [1.165, 1.54) is 44.5 Å². The molecule has 0 bridgehead atoms. The molecule has 1 aromatic rings. The van der Waals surface area contributed by atoms with Crippen molar-refractivity contribution in [2.75, 3.05) is 13.1 Å². The normalized spacial score (nSPS) is 31.6. The highest BCUT2D eigenvalue weighted by Crippen LogP contribution is 2.35. The zero-order valence-corrected chi connectivity index (χ0v) is 12.0. The van der Waals surface area contributed by atoms with E-state index in [9.17, 15) is 0 Å². The molecule has 19 heavy (non-hydrogen) atoms. The molecule has 2 heterocycles. The highest BCUT2D eigenvalue weighted by atomic mass is 15.2. The van der Waals surface area contributed by atoms with Gasteiger partial charge in [-0.2, -0.15) is 0 Å². The second kappa shape index (κ2) is 5.63. The third kappa shape index (κ3) is 2.70. The minimum atomic E-state index is 0.435. The standard InChI is InChI=1S/C15H26N4/c1-2-6-19-11-17-7-13(19)9-18-8-12-4-3-5-15(16)14(12)10-18/h7,11-12,14-15H,2-6,8-10,16H2,1H3. The quantitative estimate of drug-likeness (QED) is 0.901. The van der Waals surface area contributed by atoms with Gasteiger partial charge in [0.25, 0.3) is 0 Å². The summed E-state index contributed by atoms with van der Waals surface area (Å²) in [7, 11) is 0. The summed E-state index contributed by atoms with van der Waals surface area (Å²) < 4.78 is 2.29. The van der Waals surface area contributed by atoms with Crippen LogP contribution in [0.15, 0.2) is 12.5 Å². The van der Waals surface area contributed by atoms with E-state index in [1.54, 1.807) is 0 Å². The van der Waals surface area contributed by atoms with Gasteiger partial charge in [-0.3, -0.25) is 4.90 Å². The van der Waals surface area contributed by atoms with Crippen molar-refractivity contribution in [3.8, 4) is 0 Å². The van der Waals surface area contributed by atoms with Crippen LogP contribution in [0.4, 0.5) is 0 Å². The molecule has 3 unspecified atom stereocenters. The molecule has 0 spiro atoms. The first-order valence-corrected chi connectivity index (χ1v) is 7.75. The van der Waals surface area contributed by atoms with E-state index < -0.39 is 0 Å². The van der Waals surface area contributed by atoms with Gasteiger partial charge in [0.15, 0.2) is 0 Å². The van der Waals surface area contributed by atoms with E-state index >= 15 is 0 Å². The van der Waals surface area contributed by atoms with Crippen LogP contribution in [-0.2, 0) is 13.1 Å². The summed E-state index contributed by atoms with van der Waals surface area (Å²) in [6.07, 6.45) is 9.08. The van der Waals surface area contributed by atoms with Gasteiger partial charge >= 0.3 is 0 Å². The maximum absolute atomic E-state index is 6.29. The van der Waals surface area contributed by atoms with Crippen molar-refractivity contribution < 1.29 is 0 Å². The number of aromatic nitrogens is 2. The van der Waals surface area contributed by atoms with Gasteiger partial charge in [0.2, 0.25) is 0 Å². The molecule has 1 aliphatic heterocycles. The zero-order chi connectivity index (χ0) is 13.2. The van der Waals surface area contributed by atoms with Crippen LogP contribution >= 0.6 is 0 Å². The summed E-state index contributed by atoms with van der Waals surface area (Å²) in [6, 6.07) is 0.435. The van der Waals surface area contributed by atoms with Gasteiger partial charge in [0.05, 0.1) is 12.0 Å². The van der Waals surface area contributed by atoms with Crippen LogP contribution in [-0.4, -0.2) is 33.6 Å². The smallest absolute Gasteiger partial charge is 0.0948 e. The van der Waals surface area contributed by atoms with Gasteiger partial charge in [-0.05, 0) is 31.1 Å². The number of likely N-dealkylation sites (tertiary alicyclic amines) is 1. The summed E-state index contributed by atoms with van der Waals surface area (Å²) in [5, 5.41) is 0. The van der Waals surface area contributed by atoms with Crippen molar-refractivity contribution in [3.05, 3.63) is 18.2 Å². The van der Waals surface area contributed by atoms with Crippen LogP contribution in [0.3, 0.4) is 0 Å². The number of hydrogen-bond donors (Lipinski definition) is 1. The largest absolute Gasteiger partial charge is 0.333 e. The van der Waals surface area contributed by atoms with Crippen LogP contribution in [0.25, 0.3) is 0 Å². The van der Waals surface area contributed by atoms with Gasteiger partial charge in [-0.25, -0.2) is 4.98 Å². The Labute approximate surface area is 116 Å². The van der Waals surface area contributed by atoms with Gasteiger partial charge in [-0.1, -0.05) is 13.3 Å². The van der Waals surface area contributed by atoms with Gasteiger partial charge in [0.1, 0.15) is 0 Å². The molecule has 2 fully saturated rings. The molecule has 4 nitrogen and oxygen atoms in total. The fraction of sp³-hybridized carbons (Fsp3) is 0.800. The number of hydrogen-bond acceptors (Lipinski definition) is 3. The highest BCUT2D eigenvalue weighted by Gasteiger charge is 2.38. The Balaban J connectivity index is 1.63. The number of nitrogens with two attached hydrogens (primary N) is 1. The molecule has 2 N–H and O–H groups in total. The number of imidazole rings is 1. The molecule has 0 radical (unpaired) electrons. The lowest BCUT2D eigenvalue weighted by molar-refractivity contribution is 0.259. The Bertz CT molecular complexity index is 414. The maximum Gasteiger partial charge on any atom is 0.0948 e. The van der Waals surface area contributed by atoms with Crippen molar-refractivity contribution in [1.82, 2.24) is 14.5 Å². The van der Waals surface area contributed by atoms with E-state index in [4.69, 9.17) is 5.73 Å². The second-order valence-corrected chi connectivity index (χ2v) is 6.29. The molecule has 2 aliphatic rings. The third-order valence-electron chi connectivity index (χ3n) is 4.88. The summed E-state index contributed by atoms with van der Waals surface area (Å²) in [5.74, 6) is 1.57. The summed E-state index contributed by atoms with van der Waals surface area (Å²) in [6.45, 7) is 6.75. The highest BCUT2D eigenvalue weighted by molar-refractivity contribution is 5.01. The van der Waals surface area contributed by atoms with Crippen LogP contribution < -0.4 is 5.73 Å². The predicted molar refractivity (Wildman–Crippen MR) is 76.6 cm³/mol. The Morgan fingerprint density at radius 3 is 3.05 bits per heavy atom. The third-order valence-corrected chi connectivity index (χ3v) is 4.88. The lowest BCUT2D eigenvalue weighted by Crippen LogP contribution is -2.38. The van der Waals surface area contributed by atoms with Gasteiger partial charge in [0, 0.05) is 38.4 Å². The van der Waals surface area contributed by atoms with Crippen LogP contribution in [0.1, 0.15) is 38.3 Å². The molecule has 1 saturated heterocycles. The molecular formula is C15H26N4. The SMILES string of the molecule is CCCn1cncc1CN1CC2CCCC(N)C2C1. The van der Waals surface area contributed by atoms with Gasteiger partial charge in [-0.15, -0.1) is 0 Å². The molecule has 3 rings (SSSR count). The van der Waals surface area contributed by atoms with Crippen LogP contribution in [0, 0.1) is 11.8 Å². The molecule has 106 valence electrons. The first-order chi connectivity index (χ1) is 9.28. The molecule has 1 saturated carbocycles. The van der Waals surface area contributed by atoms with Crippen molar-refractivity contribution >= 4 is 0 Å². The molecular weight excluding hydrogens is 236 g/mol. The monoisotopic (exact) mass is 262 g/mol. The first kappa shape index (κ1) is 13.1. The molecule has 1 aromatic heterocycles. The van der Waals surface area contributed by atoms with E-state index in [-0.39, 0.29) is 0 Å². The Kier molecular flexibility index (Phi) is 3.89. The lowest BCUT2D eigenvalue weighted by atomic mass is 9.78. The van der Waals surface area contributed by atoms with Crippen LogP contribution in [0.2, 0.25) is 0 Å². The maximum atomic E-state index is 6.29. The predicted octanol–water partition coefficient (Wildman–Crippen LogP) is 1.85. The van der Waals surface area contributed by atoms with Gasteiger partial charge < -0.3 is 10.3 Å². The van der Waals surface area contributed by atoms with E-state index in [2.05, 4.69) is 21.4 Å². The van der Waals surface area contributed by atoms with Crippen molar-refractivity contribution in [2.24, 2.45) is 17.6 Å². The molecule has 0 aromatic carbocycles. The summed E-state index contributed by atoms with van der Waals surface area (Å²) in [4.78, 5) is 6.89. The zero-order valence-electron chi connectivity index (χ0n) is 12.0. The molecule has 0 amide bonds. The second-order valence-electron chi connectivity index (χ2n) is 6.29. The Morgan fingerprint density at radius 1 is 1.37 bits per heavy atom. The average molecular weight is 262 g/mol. The van der Waals surface area contributed by atoms with Crippen LogP contribution in [0.5, 0.6) is 0 Å². The fourth-order valence-electron chi connectivity index (χ4n) is 3.89. The average Bonchev–Trinajstić information content (AvgIpc) is 2.98. The Morgan fingerprint density at radius 2 is 2.26 bits per heavy atom. The van der Waals surface area contributed by atoms with Crippen molar-refractivity contribution in [2.45, 2.75) is 51.7 Å². The number of aryl methyl sites for hydroxylation is 1. The summed E-state index contributed by atoms with van der Waals surface area (Å²) in [5.41, 5.74) is 7.64.